The summed E-state index contributed by atoms with van der Waals surface area (Å²) in [6.07, 6.45) is 6.90. The Balaban J connectivity index is 1.57. The van der Waals surface area contributed by atoms with Gasteiger partial charge in [0.05, 0.1) is 11.4 Å². The lowest BCUT2D eigenvalue weighted by Gasteiger charge is -2.46. The molecule has 7 aliphatic heterocycles. The normalized spacial score (nSPS) is 16.5. The van der Waals surface area contributed by atoms with Crippen LogP contribution in [0.4, 0.5) is 0 Å². The summed E-state index contributed by atoms with van der Waals surface area (Å²) in [4.78, 5) is 9.15. The van der Waals surface area contributed by atoms with E-state index >= 15 is 0 Å². The van der Waals surface area contributed by atoms with Crippen LogP contribution < -0.4 is 20.7 Å². The van der Waals surface area contributed by atoms with Crippen LogP contribution in [0.15, 0.2) is 134 Å². The minimum Gasteiger partial charge on any atom is -0.377 e. The van der Waals surface area contributed by atoms with Crippen LogP contribution in [0.3, 0.4) is 0 Å². The summed E-state index contributed by atoms with van der Waals surface area (Å²) in [6.45, 7) is 2.04. The molecular formula is C65H108N2O33SSi12. The maximum Gasteiger partial charge on any atom is 0.671 e. The summed E-state index contributed by atoms with van der Waals surface area (Å²) < 4.78 is 216. The van der Waals surface area contributed by atoms with Crippen LogP contribution in [0.25, 0.3) is 33.6 Å². The van der Waals surface area contributed by atoms with E-state index in [4.69, 9.17) is 143 Å². The van der Waals surface area contributed by atoms with Crippen molar-refractivity contribution in [3.63, 3.8) is 0 Å². The third-order valence-corrected chi connectivity index (χ3v) is 57.1. The third kappa shape index (κ3) is 22.7. The number of thioether (sulfide) groups is 1. The summed E-state index contributed by atoms with van der Waals surface area (Å²) >= 11 is 1.78. The van der Waals surface area contributed by atoms with Crippen molar-refractivity contribution < 1.29 is 143 Å². The van der Waals surface area contributed by atoms with Gasteiger partial charge < -0.3 is 143 Å². The molecule has 0 radical (unpaired) electrons. The van der Waals surface area contributed by atoms with Crippen molar-refractivity contribution in [1.29, 1.82) is 0 Å². The number of benzene rings is 4. The Morgan fingerprint density at radius 2 is 0.531 bits per heavy atom. The largest absolute Gasteiger partial charge is 0.671 e. The topological polar surface area (TPSA) is 330 Å². The zero-order valence-electron chi connectivity index (χ0n) is 68.4. The van der Waals surface area contributed by atoms with Gasteiger partial charge in [-0.05, 0) is 102 Å². The molecule has 9 heterocycles. The first-order valence-electron chi connectivity index (χ1n) is 34.8. The first-order chi connectivity index (χ1) is 54.3. The lowest BCUT2D eigenvalue weighted by molar-refractivity contribution is -0.0196. The van der Waals surface area contributed by atoms with Gasteiger partial charge in [-0.25, -0.2) is 0 Å². The van der Waals surface area contributed by atoms with Crippen molar-refractivity contribution in [3.05, 3.63) is 145 Å². The number of hydrogen-bond donors (Lipinski definition) is 0. The highest BCUT2D eigenvalue weighted by atomic mass is 32.2. The molecule has 7 aliphatic rings. The Morgan fingerprint density at radius 3 is 0.788 bits per heavy atom. The Kier molecular flexibility index (Phi) is 37.6. The minimum absolute atomic E-state index is 0.140. The SMILES string of the molecule is CO[Si](CCCSCCCCc1ccnc(-c2cc(C)ccn2)c1)(OC)O[Si]1(O[Si](OC)(OC)OC)O[Si](O[Si](OC)(OC)OC)(O[Si](OC)(OC)OC)c2ccc(cc2)-c2ccc(cc2)[Si](O[Si](OC)(OC)OC)(O[Si](OC)(OC)OC)O[Si](O[Si](OC)(OC)OC)(O[Si](OC)(OC)OC)c2ccc(cc2)-c2ccc1cc2. The van der Waals surface area contributed by atoms with Gasteiger partial charge in [-0.15, -0.1) is 0 Å². The van der Waals surface area contributed by atoms with E-state index in [0.29, 0.717) is 34.4 Å². The van der Waals surface area contributed by atoms with Crippen LogP contribution in [-0.4, -0.2) is 292 Å². The van der Waals surface area contributed by atoms with Gasteiger partial charge in [0.1, 0.15) is 0 Å². The first kappa shape index (κ1) is 96.9. The fourth-order valence-corrected chi connectivity index (χ4v) is 53.8. The third-order valence-electron chi connectivity index (χ3n) is 17.9. The molecule has 1 atom stereocenters. The average molecular weight is 1810 g/mol. The second kappa shape index (κ2) is 43.9. The lowest BCUT2D eigenvalue weighted by Crippen LogP contribution is -2.78. The summed E-state index contributed by atoms with van der Waals surface area (Å²) in [5, 5.41) is 0.672. The number of unbranched alkanes of at least 4 members (excludes halogenated alkanes) is 1. The van der Waals surface area contributed by atoms with Crippen molar-refractivity contribution in [1.82, 2.24) is 9.97 Å². The van der Waals surface area contributed by atoms with Gasteiger partial charge in [-0.3, -0.25) is 9.97 Å². The molecule has 0 aliphatic carbocycles. The molecule has 0 saturated carbocycles. The standard InChI is InChI=1S/C65H108N2O33SSi12/c1-54-45-47-66-64(52-54)65-53-55(46-48-67-65)28-25-26-49-101-50-27-51-102(68-2,69-3)91-103(94-107(70-4,71-5)72-6)60-37-29-56(30-38-60)57-33-41-62(42-34-57)105(97-110(79-13,80-14)81-15,98-111(82-16,83-17)84-18)93-106(99-112(85-19,86-20)87-21,100-113(88-22,89-23)90-24)63-43-35-59(36-44-63)58-31-39-61(40-32-58)104(92-103,95-108(73-7,74-8)75-9)96-109(76-10,77-11)78-12/h29-48,52-53H,25-28,49-51H2,1-24H3. The number of hydrogen-bond acceptors (Lipinski definition) is 36. The van der Waals surface area contributed by atoms with Crippen LogP contribution in [0.2, 0.25) is 6.04 Å². The van der Waals surface area contributed by atoms with E-state index in [2.05, 4.69) is 16.0 Å². The van der Waals surface area contributed by atoms with E-state index in [1.54, 1.807) is 115 Å². The Bertz CT molecular complexity index is 3680. The second-order valence-electron chi connectivity index (χ2n) is 23.9. The Morgan fingerprint density at radius 1 is 0.283 bits per heavy atom. The highest BCUT2D eigenvalue weighted by Crippen LogP contribution is 2.38. The highest BCUT2D eigenvalue weighted by Gasteiger charge is 2.74. The van der Waals surface area contributed by atoms with Gasteiger partial charge in [0, 0.05) is 203 Å². The molecule has 2 aromatic heterocycles. The predicted octanol–water partition coefficient (Wildman–Crippen LogP) is 5.25. The van der Waals surface area contributed by atoms with Crippen LogP contribution >= 0.6 is 11.8 Å². The quantitative estimate of drug-likeness (QED) is 0.0347. The number of pyridine rings is 2. The zero-order valence-corrected chi connectivity index (χ0v) is 81.2. The van der Waals surface area contributed by atoms with Crippen molar-refractivity contribution in [3.8, 4) is 33.6 Å². The fourth-order valence-electron chi connectivity index (χ4n) is 11.7. The molecular weight excluding hydrogens is 1710 g/mol. The van der Waals surface area contributed by atoms with E-state index in [1.165, 1.54) is 169 Å². The van der Waals surface area contributed by atoms with E-state index in [0.717, 1.165) is 42.0 Å². The molecule has 0 saturated heterocycles. The molecule has 4 aromatic carbocycles. The smallest absolute Gasteiger partial charge is 0.377 e. The van der Waals surface area contributed by atoms with Gasteiger partial charge in [-0.2, -0.15) is 11.8 Å². The second-order valence-corrected chi connectivity index (χ2v) is 58.3. The summed E-state index contributed by atoms with van der Waals surface area (Å²) in [6, 6.07) is 36.0. The van der Waals surface area contributed by atoms with Crippen molar-refractivity contribution in [2.75, 3.05) is 175 Å². The first-order valence-corrected chi connectivity index (χ1v) is 56.3. The van der Waals surface area contributed by atoms with Gasteiger partial charge in [0.2, 0.25) is 0 Å². The molecule has 0 N–H and O–H groups in total. The van der Waals surface area contributed by atoms with Crippen molar-refractivity contribution in [2.45, 2.75) is 38.7 Å². The van der Waals surface area contributed by atoms with Gasteiger partial charge in [0.25, 0.3) is 0 Å². The zero-order chi connectivity index (χ0) is 82.9. The molecule has 1 unspecified atom stereocenters. The van der Waals surface area contributed by atoms with Crippen LogP contribution in [0, 0.1) is 6.92 Å². The van der Waals surface area contributed by atoms with Crippen LogP contribution in [0.1, 0.15) is 30.4 Å². The van der Waals surface area contributed by atoms with Gasteiger partial charge in [-0.1, -0.05) is 97.1 Å². The van der Waals surface area contributed by atoms with Gasteiger partial charge >= 0.3 is 107 Å². The molecule has 0 fully saturated rings. The highest BCUT2D eigenvalue weighted by molar-refractivity contribution is 7.99. The molecule has 113 heavy (non-hydrogen) atoms. The fraction of sp³-hybridized carbons (Fsp3) is 0.477. The summed E-state index contributed by atoms with van der Waals surface area (Å²) in [5.41, 5.74) is 6.22. The molecule has 6 aromatic rings. The Labute approximate surface area is 680 Å². The lowest BCUT2D eigenvalue weighted by atomic mass is 10.1. The summed E-state index contributed by atoms with van der Waals surface area (Å²) in [7, 11) is -26.4. The van der Waals surface area contributed by atoms with E-state index in [-0.39, 0.29) is 26.8 Å². The van der Waals surface area contributed by atoms with E-state index in [9.17, 15) is 0 Å². The molecule has 630 valence electrons. The van der Waals surface area contributed by atoms with Crippen molar-refractivity contribution >= 4 is 140 Å². The molecule has 35 nitrogen and oxygen atoms in total. The maximum absolute atomic E-state index is 8.01. The van der Waals surface area contributed by atoms with Crippen molar-refractivity contribution in [2.24, 2.45) is 0 Å². The number of aryl methyl sites for hydroxylation is 2. The minimum atomic E-state index is -5.36. The predicted molar refractivity (Wildman–Crippen MR) is 435 cm³/mol. The monoisotopic (exact) mass is 1810 g/mol. The Hall–Kier alpha value is -3.19. The maximum atomic E-state index is 8.01. The number of nitrogens with zero attached hydrogens (tertiary/aromatic N) is 2. The number of aromatic nitrogens is 2. The molecule has 13 rings (SSSR count). The molecule has 48 heteroatoms. The molecule has 8 bridgehead atoms. The van der Waals surface area contributed by atoms with E-state index in [1.807, 2.05) is 31.3 Å². The van der Waals surface area contributed by atoms with Crippen LogP contribution in [0.5, 0.6) is 0 Å². The van der Waals surface area contributed by atoms with E-state index < -0.39 is 107 Å². The summed E-state index contributed by atoms with van der Waals surface area (Å²) in [5.74, 6) is 1.53. The molecule has 0 spiro atoms. The molecule has 0 amide bonds. The average Bonchev–Trinajstić information content (AvgIpc) is 0.734. The van der Waals surface area contributed by atoms with Gasteiger partial charge in [0.15, 0.2) is 0 Å². The number of rotatable bonds is 49. The van der Waals surface area contributed by atoms with Crippen LogP contribution in [-0.2, 0) is 149 Å².